The van der Waals surface area contributed by atoms with Crippen LogP contribution in [-0.4, -0.2) is 25.2 Å². The lowest BCUT2D eigenvalue weighted by atomic mass is 10.2. The van der Waals surface area contributed by atoms with E-state index in [0.717, 1.165) is 30.2 Å². The topological polar surface area (TPSA) is 35.2 Å². The maximum absolute atomic E-state index is 5.42. The fourth-order valence-electron chi connectivity index (χ4n) is 1.24. The normalized spacial score (nSPS) is 10.9. The number of rotatable bonds is 7. The van der Waals surface area contributed by atoms with E-state index in [1.54, 1.807) is 7.11 Å². The Kier molecular flexibility index (Phi) is 6.77. The quantitative estimate of drug-likeness (QED) is 0.741. The van der Waals surface area contributed by atoms with Gasteiger partial charge in [0.15, 0.2) is 0 Å². The van der Waals surface area contributed by atoms with Crippen molar-refractivity contribution in [3.05, 3.63) is 35.9 Å². The van der Waals surface area contributed by atoms with Gasteiger partial charge in [-0.3, -0.25) is 0 Å². The van der Waals surface area contributed by atoms with Gasteiger partial charge in [0.05, 0.1) is 7.11 Å². The molecule has 0 amide bonds. The number of hydrogen-bond donors (Lipinski definition) is 1. The second-order valence-corrected chi connectivity index (χ2v) is 4.54. The lowest BCUT2D eigenvalue weighted by molar-refractivity contribution is 0.415. The SMILES string of the molecule is COc1ccc(C=CCSCCCN)cc1. The molecule has 0 atom stereocenters. The predicted octanol–water partition coefficient (Wildman–Crippen LogP) is 2.79. The molecule has 0 saturated heterocycles. The first-order chi connectivity index (χ1) is 7.86. The number of nitrogens with two attached hydrogens (primary N) is 1. The van der Waals surface area contributed by atoms with E-state index >= 15 is 0 Å². The minimum atomic E-state index is 0.787. The second kappa shape index (κ2) is 8.25. The number of benzene rings is 1. The van der Waals surface area contributed by atoms with Crippen molar-refractivity contribution in [2.24, 2.45) is 5.73 Å². The van der Waals surface area contributed by atoms with E-state index in [0.29, 0.717) is 0 Å². The highest BCUT2D eigenvalue weighted by Gasteiger charge is 1.90. The minimum absolute atomic E-state index is 0.787. The fourth-order valence-corrected chi connectivity index (χ4v) is 2.01. The molecule has 0 fully saturated rings. The average molecular weight is 237 g/mol. The molecular weight excluding hydrogens is 218 g/mol. The van der Waals surface area contributed by atoms with Crippen LogP contribution < -0.4 is 10.5 Å². The van der Waals surface area contributed by atoms with Gasteiger partial charge in [-0.25, -0.2) is 0 Å². The number of ether oxygens (including phenoxy) is 1. The summed E-state index contributed by atoms with van der Waals surface area (Å²) in [7, 11) is 1.68. The van der Waals surface area contributed by atoms with E-state index in [-0.39, 0.29) is 0 Å². The largest absolute Gasteiger partial charge is 0.497 e. The Labute approximate surface area is 102 Å². The number of methoxy groups -OCH3 is 1. The Morgan fingerprint density at radius 1 is 1.31 bits per heavy atom. The minimum Gasteiger partial charge on any atom is -0.497 e. The fraction of sp³-hybridized carbons (Fsp3) is 0.385. The molecule has 0 radical (unpaired) electrons. The molecule has 0 heterocycles. The van der Waals surface area contributed by atoms with E-state index in [1.165, 1.54) is 5.56 Å². The van der Waals surface area contributed by atoms with Crippen molar-refractivity contribution in [3.63, 3.8) is 0 Å². The van der Waals surface area contributed by atoms with Crippen LogP contribution in [0, 0.1) is 0 Å². The molecule has 0 bridgehead atoms. The molecule has 1 aromatic rings. The molecule has 0 aromatic heterocycles. The van der Waals surface area contributed by atoms with E-state index < -0.39 is 0 Å². The number of hydrogen-bond acceptors (Lipinski definition) is 3. The predicted molar refractivity (Wildman–Crippen MR) is 73.0 cm³/mol. The Morgan fingerprint density at radius 2 is 2.06 bits per heavy atom. The van der Waals surface area contributed by atoms with Crippen LogP contribution in [0.1, 0.15) is 12.0 Å². The van der Waals surface area contributed by atoms with E-state index in [1.807, 2.05) is 23.9 Å². The highest BCUT2D eigenvalue weighted by atomic mass is 32.2. The zero-order valence-electron chi connectivity index (χ0n) is 9.69. The first-order valence-corrected chi connectivity index (χ1v) is 6.60. The first-order valence-electron chi connectivity index (χ1n) is 5.45. The lowest BCUT2D eigenvalue weighted by Gasteiger charge is -1.99. The molecule has 0 aliphatic rings. The van der Waals surface area contributed by atoms with Gasteiger partial charge >= 0.3 is 0 Å². The Balaban J connectivity index is 2.27. The van der Waals surface area contributed by atoms with Crippen molar-refractivity contribution in [1.82, 2.24) is 0 Å². The molecule has 2 N–H and O–H groups in total. The van der Waals surface area contributed by atoms with Crippen LogP contribution in [-0.2, 0) is 0 Å². The average Bonchev–Trinajstić information content (AvgIpc) is 2.34. The molecule has 0 spiro atoms. The third kappa shape index (κ3) is 5.24. The van der Waals surface area contributed by atoms with Crippen molar-refractivity contribution in [2.45, 2.75) is 6.42 Å². The molecule has 0 aliphatic heterocycles. The molecule has 3 heteroatoms. The maximum Gasteiger partial charge on any atom is 0.118 e. The van der Waals surface area contributed by atoms with Gasteiger partial charge in [0.25, 0.3) is 0 Å². The molecular formula is C13H19NOS. The smallest absolute Gasteiger partial charge is 0.118 e. The summed E-state index contributed by atoms with van der Waals surface area (Å²) in [5, 5.41) is 0. The van der Waals surface area contributed by atoms with Gasteiger partial charge in [0.2, 0.25) is 0 Å². The van der Waals surface area contributed by atoms with Crippen LogP contribution >= 0.6 is 11.8 Å². The van der Waals surface area contributed by atoms with Gasteiger partial charge < -0.3 is 10.5 Å². The summed E-state index contributed by atoms with van der Waals surface area (Å²) in [6.07, 6.45) is 5.42. The molecule has 2 nitrogen and oxygen atoms in total. The van der Waals surface area contributed by atoms with Gasteiger partial charge in [-0.2, -0.15) is 11.8 Å². The third-order valence-corrected chi connectivity index (χ3v) is 3.14. The summed E-state index contributed by atoms with van der Waals surface area (Å²) in [6.45, 7) is 0.787. The van der Waals surface area contributed by atoms with Crippen LogP contribution in [0.15, 0.2) is 30.3 Å². The van der Waals surface area contributed by atoms with E-state index in [2.05, 4.69) is 24.3 Å². The van der Waals surface area contributed by atoms with Crippen molar-refractivity contribution in [1.29, 1.82) is 0 Å². The molecule has 0 aliphatic carbocycles. The third-order valence-electron chi connectivity index (χ3n) is 2.13. The van der Waals surface area contributed by atoms with Crippen molar-refractivity contribution >= 4 is 17.8 Å². The standard InChI is InChI=1S/C13H19NOS/c1-15-13-7-5-12(6-8-13)4-2-10-16-11-3-9-14/h2,4-8H,3,9-11,14H2,1H3. The number of thioether (sulfide) groups is 1. The summed E-state index contributed by atoms with van der Waals surface area (Å²) in [4.78, 5) is 0. The lowest BCUT2D eigenvalue weighted by Crippen LogP contribution is -1.99. The molecule has 1 rings (SSSR count). The van der Waals surface area contributed by atoms with E-state index in [4.69, 9.17) is 10.5 Å². The van der Waals surface area contributed by atoms with Crippen LogP contribution in [0.4, 0.5) is 0 Å². The van der Waals surface area contributed by atoms with Gasteiger partial charge in [-0.05, 0) is 36.4 Å². The summed E-state index contributed by atoms with van der Waals surface area (Å²) in [5.74, 6) is 3.09. The Hall–Kier alpha value is -0.930. The monoisotopic (exact) mass is 237 g/mol. The Bertz CT molecular complexity index is 308. The van der Waals surface area contributed by atoms with Crippen molar-refractivity contribution in [2.75, 3.05) is 25.2 Å². The summed E-state index contributed by atoms with van der Waals surface area (Å²) >= 11 is 1.91. The summed E-state index contributed by atoms with van der Waals surface area (Å²) in [6, 6.07) is 8.06. The maximum atomic E-state index is 5.42. The molecule has 88 valence electrons. The van der Waals surface area contributed by atoms with Crippen molar-refractivity contribution in [3.8, 4) is 5.75 Å². The van der Waals surface area contributed by atoms with Gasteiger partial charge in [-0.1, -0.05) is 24.3 Å². The summed E-state index contributed by atoms with van der Waals surface area (Å²) < 4.78 is 5.10. The van der Waals surface area contributed by atoms with E-state index in [9.17, 15) is 0 Å². The van der Waals surface area contributed by atoms with Crippen LogP contribution in [0.5, 0.6) is 5.75 Å². The zero-order chi connectivity index (χ0) is 11.6. The summed E-state index contributed by atoms with van der Waals surface area (Å²) in [5.41, 5.74) is 6.63. The van der Waals surface area contributed by atoms with Crippen LogP contribution in [0.2, 0.25) is 0 Å². The highest BCUT2D eigenvalue weighted by Crippen LogP contribution is 2.12. The highest BCUT2D eigenvalue weighted by molar-refractivity contribution is 7.99. The van der Waals surface area contributed by atoms with Crippen LogP contribution in [0.25, 0.3) is 6.08 Å². The van der Waals surface area contributed by atoms with Gasteiger partial charge in [0, 0.05) is 5.75 Å². The van der Waals surface area contributed by atoms with Gasteiger partial charge in [-0.15, -0.1) is 0 Å². The second-order valence-electron chi connectivity index (χ2n) is 3.39. The van der Waals surface area contributed by atoms with Gasteiger partial charge in [0.1, 0.15) is 5.75 Å². The Morgan fingerprint density at radius 3 is 2.69 bits per heavy atom. The molecule has 1 aromatic carbocycles. The zero-order valence-corrected chi connectivity index (χ0v) is 10.5. The molecule has 16 heavy (non-hydrogen) atoms. The van der Waals surface area contributed by atoms with Crippen LogP contribution in [0.3, 0.4) is 0 Å². The first kappa shape index (κ1) is 13.1. The molecule has 0 saturated carbocycles. The molecule has 0 unspecified atom stereocenters. The van der Waals surface area contributed by atoms with Crippen molar-refractivity contribution < 1.29 is 4.74 Å².